The maximum atomic E-state index is 14.6. The quantitative estimate of drug-likeness (QED) is 0.0248. The van der Waals surface area contributed by atoms with Crippen LogP contribution in [0.4, 0.5) is 0 Å². The third kappa shape index (κ3) is 31.6. The fraction of sp³-hybridized carbons (Fsp3) is 0.699. The number of hydrogen-bond acceptors (Lipinski definition) is 17. The summed E-state index contributed by atoms with van der Waals surface area (Å²) < 4.78 is 79.6. The highest BCUT2D eigenvalue weighted by Crippen LogP contribution is 2.40. The molecule has 3 fully saturated rings. The Morgan fingerprint density at radius 3 is 1.15 bits per heavy atom. The maximum Gasteiger partial charge on any atom is 0.338 e. The summed E-state index contributed by atoms with van der Waals surface area (Å²) in [5.74, 6) is 0.943. The van der Waals surface area contributed by atoms with Gasteiger partial charge in [0.1, 0.15) is 24.9 Å². The predicted octanol–water partition coefficient (Wildman–Crippen LogP) is 20.4. The smallest absolute Gasteiger partial charge is 0.338 e. The summed E-state index contributed by atoms with van der Waals surface area (Å²) in [5.41, 5.74) is 1.21. The van der Waals surface area contributed by atoms with Crippen molar-refractivity contribution in [2.45, 2.75) is 306 Å². The summed E-state index contributed by atoms with van der Waals surface area (Å²) in [5, 5.41) is 12.3. The van der Waals surface area contributed by atoms with Crippen molar-refractivity contribution in [3.8, 4) is 0 Å². The van der Waals surface area contributed by atoms with Gasteiger partial charge in [-0.3, -0.25) is 0 Å². The first-order valence-corrected chi connectivity index (χ1v) is 42.6. The van der Waals surface area contributed by atoms with Crippen molar-refractivity contribution in [1.29, 1.82) is 0 Å². The van der Waals surface area contributed by atoms with Gasteiger partial charge in [0.25, 0.3) is 0 Å². The Bertz CT molecular complexity index is 3150. The number of hydrogen-bond donors (Lipinski definition) is 1. The average molecular weight is 1530 g/mol. The first-order valence-electron chi connectivity index (χ1n) is 42.6. The summed E-state index contributed by atoms with van der Waals surface area (Å²) in [4.78, 5) is 56.5. The van der Waals surface area contributed by atoms with E-state index in [1.165, 1.54) is 96.3 Å². The molecule has 4 aromatic carbocycles. The number of rotatable bonds is 50. The third-order valence-corrected chi connectivity index (χ3v) is 23.6. The minimum absolute atomic E-state index is 0.0148. The standard InChI is InChI=1S/C93H142O17/c1-62(2)34-28-36-64(5)38-30-40-66(7)42-32-44-68(9)54-56-99-58-79(100-57-55-69(10)45-33-43-67(8)41-31-39-65(6)37-29-35-63(3)4)59-102-92-86(109-90(98)78-52-26-19-27-53-78)73(14)83(81(106-92)61-101-87(95)75-46-20-16-21-47-75)110-93-85(108-89(97)77-50-24-18-25-51-77)72(13)82(94)80(105-93)60-103-91-84(71(12)70(11)74(15)104-91)107-88(96)76-48-22-17-23-49-76/h16-27,46-53,62-74,79-86,91-94H,28-45,54-61H2,1-15H3/t64?,65?,66?,67?,68?,69?,70-,71+,72+,73+,74?,79?,80?,81?,82-,83+,84?,85?,86?,91-,92-,93+/m1/s1. The van der Waals surface area contributed by atoms with Crippen LogP contribution >= 0.6 is 0 Å². The lowest BCUT2D eigenvalue weighted by Crippen LogP contribution is -2.62. The molecule has 13 unspecified atom stereocenters. The molecule has 17 heteroatoms. The molecule has 110 heavy (non-hydrogen) atoms. The number of carbonyl (C=O) groups is 4. The predicted molar refractivity (Wildman–Crippen MR) is 432 cm³/mol. The summed E-state index contributed by atoms with van der Waals surface area (Å²) in [6.07, 6.45) is 11.7. The van der Waals surface area contributed by atoms with Crippen LogP contribution in [0.2, 0.25) is 0 Å². The van der Waals surface area contributed by atoms with Gasteiger partial charge >= 0.3 is 23.9 Å². The zero-order valence-corrected chi connectivity index (χ0v) is 69.8. The van der Waals surface area contributed by atoms with Gasteiger partial charge in [0.05, 0.1) is 60.4 Å². The van der Waals surface area contributed by atoms with Gasteiger partial charge < -0.3 is 61.9 Å². The molecule has 0 bridgehead atoms. The van der Waals surface area contributed by atoms with Crippen molar-refractivity contribution in [3.05, 3.63) is 144 Å². The van der Waals surface area contributed by atoms with E-state index in [0.717, 1.165) is 55.8 Å². The lowest BCUT2D eigenvalue weighted by Gasteiger charge is -2.49. The van der Waals surface area contributed by atoms with E-state index in [0.29, 0.717) is 48.0 Å². The fourth-order valence-electron chi connectivity index (χ4n) is 15.6. The maximum absolute atomic E-state index is 14.6. The summed E-state index contributed by atoms with van der Waals surface area (Å²) in [7, 11) is 0. The molecule has 22 atom stereocenters. The van der Waals surface area contributed by atoms with E-state index in [1.807, 2.05) is 39.8 Å². The lowest BCUT2D eigenvalue weighted by atomic mass is 9.84. The van der Waals surface area contributed by atoms with Gasteiger partial charge in [-0.25, -0.2) is 19.2 Å². The second-order valence-corrected chi connectivity index (χ2v) is 34.3. The lowest BCUT2D eigenvalue weighted by molar-refractivity contribution is -0.352. The molecule has 3 saturated heterocycles. The molecule has 17 nitrogen and oxygen atoms in total. The van der Waals surface area contributed by atoms with Crippen LogP contribution in [-0.4, -0.2) is 142 Å². The van der Waals surface area contributed by atoms with Crippen LogP contribution in [0.15, 0.2) is 121 Å². The fourth-order valence-corrected chi connectivity index (χ4v) is 15.6. The molecule has 0 aromatic heterocycles. The zero-order valence-electron chi connectivity index (χ0n) is 69.8. The van der Waals surface area contributed by atoms with Crippen molar-refractivity contribution in [2.75, 3.05) is 39.6 Å². The van der Waals surface area contributed by atoms with Crippen LogP contribution < -0.4 is 0 Å². The van der Waals surface area contributed by atoms with Gasteiger partial charge in [-0.1, -0.05) is 285 Å². The highest BCUT2D eigenvalue weighted by Gasteiger charge is 2.54. The van der Waals surface area contributed by atoms with Crippen molar-refractivity contribution in [1.82, 2.24) is 0 Å². The molecular weight excluding hydrogens is 1390 g/mol. The third-order valence-electron chi connectivity index (χ3n) is 23.6. The summed E-state index contributed by atoms with van der Waals surface area (Å²) in [6, 6.07) is 34.4. The molecule has 3 heterocycles. The van der Waals surface area contributed by atoms with Crippen LogP contribution in [0.25, 0.3) is 0 Å². The molecule has 0 aliphatic carbocycles. The number of aliphatic hydroxyl groups is 1. The first-order chi connectivity index (χ1) is 52.8. The number of esters is 4. The van der Waals surface area contributed by atoms with Gasteiger partial charge in [-0.2, -0.15) is 0 Å². The van der Waals surface area contributed by atoms with E-state index in [1.54, 1.807) is 116 Å². The van der Waals surface area contributed by atoms with E-state index in [2.05, 4.69) is 69.2 Å². The van der Waals surface area contributed by atoms with Gasteiger partial charge in [-0.05, 0) is 122 Å². The molecule has 4 aromatic rings. The second kappa shape index (κ2) is 49.2. The van der Waals surface area contributed by atoms with Crippen molar-refractivity contribution in [2.24, 2.45) is 71.0 Å². The van der Waals surface area contributed by atoms with Crippen LogP contribution in [0.1, 0.15) is 274 Å². The van der Waals surface area contributed by atoms with E-state index in [9.17, 15) is 24.3 Å². The second-order valence-electron chi connectivity index (χ2n) is 34.3. The first kappa shape index (κ1) is 91.6. The van der Waals surface area contributed by atoms with E-state index in [-0.39, 0.29) is 55.5 Å². The van der Waals surface area contributed by atoms with Crippen molar-refractivity contribution in [3.63, 3.8) is 0 Å². The van der Waals surface area contributed by atoms with Crippen LogP contribution in [0.5, 0.6) is 0 Å². The van der Waals surface area contributed by atoms with E-state index >= 15 is 0 Å². The molecule has 0 amide bonds. The largest absolute Gasteiger partial charge is 0.459 e. The molecule has 616 valence electrons. The summed E-state index contributed by atoms with van der Waals surface area (Å²) >= 11 is 0. The molecule has 1 N–H and O–H groups in total. The molecule has 7 rings (SSSR count). The Labute approximate surface area is 662 Å². The minimum atomic E-state index is -1.47. The average Bonchev–Trinajstić information content (AvgIpc) is 0.770. The normalized spacial score (nSPS) is 26.3. The molecule has 0 saturated carbocycles. The van der Waals surface area contributed by atoms with Crippen molar-refractivity contribution < 1.29 is 81.1 Å². The Morgan fingerprint density at radius 1 is 0.364 bits per heavy atom. The molecule has 3 aliphatic heterocycles. The Morgan fingerprint density at radius 2 is 0.727 bits per heavy atom. The molecular formula is C93H142O17. The van der Waals surface area contributed by atoms with Crippen LogP contribution in [0, 0.1) is 71.0 Å². The van der Waals surface area contributed by atoms with Crippen molar-refractivity contribution >= 4 is 23.9 Å². The van der Waals surface area contributed by atoms with Crippen LogP contribution in [-0.2, 0) is 56.8 Å². The summed E-state index contributed by atoms with van der Waals surface area (Å²) in [6.45, 7) is 33.6. The number of ether oxygens (including phenoxy) is 12. The SMILES string of the molecule is CC(C)CCCC(C)CCCC(C)CCCC(C)CCOCC(CO[C@@H]1OC(COC(=O)c2ccccc2)[C@@H](O[C@@H]2OC(CO[C@@H]3OC(C)[C@H](C)[C@H](C)C3OC(=O)c3ccccc3)[C@H](O)[C@H](C)C2OC(=O)c2ccccc2)[C@H](C)C1OC(=O)c1ccccc1)OCCC(C)CCCC(C)CCCC(C)CCCC(C)C. The highest BCUT2D eigenvalue weighted by atomic mass is 16.8. The monoisotopic (exact) mass is 1530 g/mol. The van der Waals surface area contributed by atoms with Gasteiger partial charge in [0.15, 0.2) is 37.2 Å². The Balaban J connectivity index is 1.11. The number of aliphatic hydroxyl groups excluding tert-OH is 1. The molecule has 0 radical (unpaired) electrons. The van der Waals surface area contributed by atoms with E-state index in [4.69, 9.17) is 56.8 Å². The topological polar surface area (TPSA) is 199 Å². The Kier molecular flexibility index (Phi) is 41.0. The van der Waals surface area contributed by atoms with E-state index < -0.39 is 103 Å². The zero-order chi connectivity index (χ0) is 79.5. The highest BCUT2D eigenvalue weighted by molar-refractivity contribution is 5.91. The number of carbonyl (C=O) groups excluding carboxylic acids is 4. The van der Waals surface area contributed by atoms with Gasteiger partial charge in [0.2, 0.25) is 0 Å². The van der Waals surface area contributed by atoms with Crippen LogP contribution in [0.3, 0.4) is 0 Å². The minimum Gasteiger partial charge on any atom is -0.459 e. The molecule has 3 aliphatic rings. The van der Waals surface area contributed by atoms with Gasteiger partial charge in [0, 0.05) is 31.0 Å². The van der Waals surface area contributed by atoms with Gasteiger partial charge in [-0.15, -0.1) is 0 Å². The number of benzene rings is 4. The molecule has 0 spiro atoms. The Hall–Kier alpha value is -5.60.